The Morgan fingerprint density at radius 2 is 1.94 bits per heavy atom. The van der Waals surface area contributed by atoms with Crippen molar-refractivity contribution >= 4 is 35.6 Å². The van der Waals surface area contributed by atoms with Crippen LogP contribution in [0.25, 0.3) is 0 Å². The lowest BCUT2D eigenvalue weighted by atomic mass is 10.1. The number of rotatable bonds is 8. The van der Waals surface area contributed by atoms with Crippen molar-refractivity contribution in [2.45, 2.75) is 19.9 Å². The van der Waals surface area contributed by atoms with Gasteiger partial charge in [0.25, 0.3) is 0 Å². The van der Waals surface area contributed by atoms with E-state index in [-0.39, 0.29) is 24.0 Å². The number of ether oxygens (including phenoxy) is 2. The molecule has 0 saturated carbocycles. The minimum atomic E-state index is 0. The molecule has 7 heteroatoms. The number of aliphatic imine (C=N–C) groups is 1. The third kappa shape index (κ3) is 6.92. The Morgan fingerprint density at radius 3 is 2.61 bits per heavy atom. The van der Waals surface area contributed by atoms with E-state index in [1.807, 2.05) is 38.2 Å². The summed E-state index contributed by atoms with van der Waals surface area (Å²) in [5.74, 6) is 3.34. The van der Waals surface area contributed by atoms with E-state index < -0.39 is 0 Å². The first kappa shape index (κ1) is 25.1. The van der Waals surface area contributed by atoms with E-state index in [0.717, 1.165) is 50.1 Å². The molecule has 1 aliphatic rings. The van der Waals surface area contributed by atoms with E-state index in [9.17, 15) is 0 Å². The van der Waals surface area contributed by atoms with Gasteiger partial charge in [-0.05, 0) is 49.1 Å². The van der Waals surface area contributed by atoms with Gasteiger partial charge in [-0.2, -0.15) is 0 Å². The number of halogens is 1. The first-order valence-electron chi connectivity index (χ1n) is 10.7. The van der Waals surface area contributed by atoms with Crippen molar-refractivity contribution in [2.75, 3.05) is 52.3 Å². The van der Waals surface area contributed by atoms with Gasteiger partial charge in [0.15, 0.2) is 5.96 Å². The lowest BCUT2D eigenvalue weighted by Crippen LogP contribution is -2.41. The lowest BCUT2D eigenvalue weighted by Gasteiger charge is -2.24. The summed E-state index contributed by atoms with van der Waals surface area (Å²) in [7, 11) is 5.65. The predicted octanol–water partition coefficient (Wildman–Crippen LogP) is 4.25. The van der Waals surface area contributed by atoms with E-state index in [1.165, 1.54) is 11.3 Å². The van der Waals surface area contributed by atoms with Crippen molar-refractivity contribution < 1.29 is 9.47 Å². The molecule has 2 aromatic carbocycles. The monoisotopic (exact) mass is 538 g/mol. The fraction of sp³-hybridized carbons (Fsp3) is 0.458. The number of benzene rings is 2. The highest BCUT2D eigenvalue weighted by molar-refractivity contribution is 14.0. The molecule has 0 amide bonds. The van der Waals surface area contributed by atoms with E-state index in [0.29, 0.717) is 12.5 Å². The van der Waals surface area contributed by atoms with Crippen LogP contribution in [0.2, 0.25) is 0 Å². The van der Waals surface area contributed by atoms with Crippen molar-refractivity contribution in [1.29, 1.82) is 0 Å². The zero-order valence-corrected chi connectivity index (χ0v) is 21.3. The molecular formula is C24H35IN4O2. The predicted molar refractivity (Wildman–Crippen MR) is 139 cm³/mol. The standard InChI is InChI=1S/C24H34N4O2.HI/c1-5-30-21-12-10-19(11-13-21)17-27(3)24(25-2)26-16-20-14-15-28(18-20)22-8-6-7-9-23(22)29-4;/h6-13,20H,5,14-18H2,1-4H3,(H,25,26);1H. The van der Waals surface area contributed by atoms with Crippen LogP contribution >= 0.6 is 24.0 Å². The molecule has 6 nitrogen and oxygen atoms in total. The highest BCUT2D eigenvalue weighted by Crippen LogP contribution is 2.31. The lowest BCUT2D eigenvalue weighted by molar-refractivity contribution is 0.340. The van der Waals surface area contributed by atoms with E-state index in [2.05, 4.69) is 51.4 Å². The number of hydrogen-bond acceptors (Lipinski definition) is 4. The number of hydrogen-bond donors (Lipinski definition) is 1. The molecule has 0 spiro atoms. The van der Waals surface area contributed by atoms with Crippen LogP contribution in [0.5, 0.6) is 11.5 Å². The summed E-state index contributed by atoms with van der Waals surface area (Å²) in [4.78, 5) is 9.04. The average molecular weight is 538 g/mol. The van der Waals surface area contributed by atoms with Gasteiger partial charge >= 0.3 is 0 Å². The van der Waals surface area contributed by atoms with Crippen LogP contribution in [0.15, 0.2) is 53.5 Å². The first-order valence-corrected chi connectivity index (χ1v) is 10.7. The number of anilines is 1. The Bertz CT molecular complexity index is 829. The molecule has 1 fully saturated rings. The number of methoxy groups -OCH3 is 1. The molecule has 31 heavy (non-hydrogen) atoms. The van der Waals surface area contributed by atoms with Crippen molar-refractivity contribution in [3.05, 3.63) is 54.1 Å². The minimum Gasteiger partial charge on any atom is -0.495 e. The molecule has 1 saturated heterocycles. The molecule has 0 aromatic heterocycles. The summed E-state index contributed by atoms with van der Waals surface area (Å²) in [6.07, 6.45) is 1.16. The molecule has 170 valence electrons. The van der Waals surface area contributed by atoms with Gasteiger partial charge < -0.3 is 24.6 Å². The number of para-hydroxylation sites is 2. The Balaban J connectivity index is 0.00000341. The van der Waals surface area contributed by atoms with Crippen LogP contribution in [0.3, 0.4) is 0 Å². The third-order valence-corrected chi connectivity index (χ3v) is 5.49. The van der Waals surface area contributed by atoms with Crippen molar-refractivity contribution in [1.82, 2.24) is 10.2 Å². The topological polar surface area (TPSA) is 49.3 Å². The van der Waals surface area contributed by atoms with Gasteiger partial charge in [-0.1, -0.05) is 24.3 Å². The largest absolute Gasteiger partial charge is 0.495 e. The molecule has 1 aliphatic heterocycles. The van der Waals surface area contributed by atoms with Crippen LogP contribution in [0.4, 0.5) is 5.69 Å². The second-order valence-electron chi connectivity index (χ2n) is 7.63. The smallest absolute Gasteiger partial charge is 0.193 e. The van der Waals surface area contributed by atoms with Crippen LogP contribution in [0.1, 0.15) is 18.9 Å². The van der Waals surface area contributed by atoms with Gasteiger partial charge in [-0.25, -0.2) is 0 Å². The minimum absolute atomic E-state index is 0. The van der Waals surface area contributed by atoms with Crippen LogP contribution in [0, 0.1) is 5.92 Å². The Hall–Kier alpha value is -2.16. The highest BCUT2D eigenvalue weighted by atomic mass is 127. The van der Waals surface area contributed by atoms with Gasteiger partial charge in [0, 0.05) is 40.3 Å². The molecule has 0 aliphatic carbocycles. The van der Waals surface area contributed by atoms with Gasteiger partial charge in [0.2, 0.25) is 0 Å². The second kappa shape index (κ2) is 12.6. The molecule has 1 atom stereocenters. The van der Waals surface area contributed by atoms with Crippen molar-refractivity contribution in [3.63, 3.8) is 0 Å². The number of guanidine groups is 1. The second-order valence-corrected chi connectivity index (χ2v) is 7.63. The Labute approximate surface area is 203 Å². The summed E-state index contributed by atoms with van der Waals surface area (Å²) < 4.78 is 11.1. The maximum Gasteiger partial charge on any atom is 0.193 e. The molecule has 1 N–H and O–H groups in total. The van der Waals surface area contributed by atoms with E-state index in [4.69, 9.17) is 9.47 Å². The van der Waals surface area contributed by atoms with Gasteiger partial charge in [0.1, 0.15) is 11.5 Å². The molecular weight excluding hydrogens is 503 g/mol. The fourth-order valence-corrected chi connectivity index (χ4v) is 3.94. The fourth-order valence-electron chi connectivity index (χ4n) is 3.94. The molecule has 1 unspecified atom stereocenters. The maximum atomic E-state index is 5.53. The first-order chi connectivity index (χ1) is 14.6. The quantitative estimate of drug-likeness (QED) is 0.310. The molecule has 0 radical (unpaired) electrons. The Morgan fingerprint density at radius 1 is 1.19 bits per heavy atom. The summed E-state index contributed by atoms with van der Waals surface area (Å²) >= 11 is 0. The summed E-state index contributed by atoms with van der Waals surface area (Å²) in [5, 5.41) is 3.56. The van der Waals surface area contributed by atoms with Gasteiger partial charge in [0.05, 0.1) is 19.4 Å². The van der Waals surface area contributed by atoms with Crippen molar-refractivity contribution in [3.8, 4) is 11.5 Å². The third-order valence-electron chi connectivity index (χ3n) is 5.49. The number of nitrogens with one attached hydrogen (secondary N) is 1. The molecule has 2 aromatic rings. The molecule has 1 heterocycles. The zero-order chi connectivity index (χ0) is 21.3. The highest BCUT2D eigenvalue weighted by Gasteiger charge is 2.25. The summed E-state index contributed by atoms with van der Waals surface area (Å²) in [6, 6.07) is 16.5. The Kier molecular flexibility index (Phi) is 10.2. The zero-order valence-electron chi connectivity index (χ0n) is 19.0. The van der Waals surface area contributed by atoms with Crippen molar-refractivity contribution in [2.24, 2.45) is 10.9 Å². The summed E-state index contributed by atoms with van der Waals surface area (Å²) in [6.45, 7) is 6.46. The van der Waals surface area contributed by atoms with Gasteiger partial charge in [-0.3, -0.25) is 4.99 Å². The SMILES string of the molecule is CCOc1ccc(CN(C)C(=NC)NCC2CCN(c3ccccc3OC)C2)cc1.I. The van der Waals surface area contributed by atoms with Crippen LogP contribution in [-0.4, -0.2) is 58.3 Å². The molecule has 0 bridgehead atoms. The van der Waals surface area contributed by atoms with E-state index in [1.54, 1.807) is 7.11 Å². The molecule has 3 rings (SSSR count). The van der Waals surface area contributed by atoms with E-state index >= 15 is 0 Å². The number of nitrogens with zero attached hydrogens (tertiary/aromatic N) is 3. The maximum absolute atomic E-state index is 5.53. The van der Waals surface area contributed by atoms with Crippen LogP contribution in [-0.2, 0) is 6.54 Å². The summed E-state index contributed by atoms with van der Waals surface area (Å²) in [5.41, 5.74) is 2.41. The average Bonchev–Trinajstić information content (AvgIpc) is 3.24. The van der Waals surface area contributed by atoms with Crippen LogP contribution < -0.4 is 19.7 Å². The van der Waals surface area contributed by atoms with Gasteiger partial charge in [-0.15, -0.1) is 24.0 Å². The normalized spacial score (nSPS) is 15.9.